The first-order valence-corrected chi connectivity index (χ1v) is 6.94. The third kappa shape index (κ3) is 3.39. The van der Waals surface area contributed by atoms with Crippen LogP contribution < -0.4 is 14.8 Å². The van der Waals surface area contributed by atoms with Crippen LogP contribution in [0.15, 0.2) is 18.2 Å². The smallest absolute Gasteiger partial charge is 0.127 e. The summed E-state index contributed by atoms with van der Waals surface area (Å²) in [6.45, 7) is 6.42. The molecule has 1 unspecified atom stereocenters. The van der Waals surface area contributed by atoms with Crippen LogP contribution in [0, 0.1) is 0 Å². The SMILES string of the molecule is CCC1CNCCN1Cc1ccc(OC)cc1OC. The van der Waals surface area contributed by atoms with Gasteiger partial charge in [0.25, 0.3) is 0 Å². The predicted octanol–water partition coefficient (Wildman–Crippen LogP) is 1.89. The number of rotatable bonds is 5. The van der Waals surface area contributed by atoms with Gasteiger partial charge in [0, 0.05) is 43.9 Å². The van der Waals surface area contributed by atoms with Crippen molar-refractivity contribution in [2.75, 3.05) is 33.9 Å². The zero-order valence-corrected chi connectivity index (χ0v) is 12.1. The van der Waals surface area contributed by atoms with Crippen LogP contribution in [0.2, 0.25) is 0 Å². The highest BCUT2D eigenvalue weighted by Gasteiger charge is 2.21. The number of nitrogens with zero attached hydrogens (tertiary/aromatic N) is 1. The Balaban J connectivity index is 2.12. The third-order valence-corrected chi connectivity index (χ3v) is 3.81. The van der Waals surface area contributed by atoms with Gasteiger partial charge in [-0.3, -0.25) is 4.90 Å². The molecule has 1 aliphatic heterocycles. The molecule has 106 valence electrons. The van der Waals surface area contributed by atoms with Crippen LogP contribution in [0.5, 0.6) is 11.5 Å². The summed E-state index contributed by atoms with van der Waals surface area (Å²) in [5, 5.41) is 3.46. The molecule has 19 heavy (non-hydrogen) atoms. The van der Waals surface area contributed by atoms with Crippen LogP contribution in [0.4, 0.5) is 0 Å². The number of hydrogen-bond acceptors (Lipinski definition) is 4. The Morgan fingerprint density at radius 3 is 2.84 bits per heavy atom. The molecule has 4 nitrogen and oxygen atoms in total. The number of nitrogens with one attached hydrogen (secondary N) is 1. The van der Waals surface area contributed by atoms with E-state index >= 15 is 0 Å². The maximum absolute atomic E-state index is 5.48. The van der Waals surface area contributed by atoms with E-state index in [1.165, 1.54) is 12.0 Å². The first-order chi connectivity index (χ1) is 9.28. The molecule has 0 aromatic heterocycles. The summed E-state index contributed by atoms with van der Waals surface area (Å²) < 4.78 is 10.7. The highest BCUT2D eigenvalue weighted by molar-refractivity contribution is 5.40. The Hall–Kier alpha value is -1.26. The van der Waals surface area contributed by atoms with Crippen molar-refractivity contribution in [1.29, 1.82) is 0 Å². The van der Waals surface area contributed by atoms with E-state index in [1.807, 2.05) is 12.1 Å². The lowest BCUT2D eigenvalue weighted by atomic mass is 10.1. The van der Waals surface area contributed by atoms with Crippen LogP contribution in [0.1, 0.15) is 18.9 Å². The number of hydrogen-bond donors (Lipinski definition) is 1. The molecule has 1 heterocycles. The fourth-order valence-corrected chi connectivity index (χ4v) is 2.61. The molecule has 1 saturated heterocycles. The van der Waals surface area contributed by atoms with Gasteiger partial charge in [0.1, 0.15) is 11.5 Å². The van der Waals surface area contributed by atoms with Gasteiger partial charge in [-0.25, -0.2) is 0 Å². The normalized spacial score (nSPS) is 20.3. The lowest BCUT2D eigenvalue weighted by molar-refractivity contribution is 0.147. The molecular weight excluding hydrogens is 240 g/mol. The lowest BCUT2D eigenvalue weighted by Gasteiger charge is -2.36. The highest BCUT2D eigenvalue weighted by Crippen LogP contribution is 2.26. The summed E-state index contributed by atoms with van der Waals surface area (Å²) in [4.78, 5) is 2.53. The fourth-order valence-electron chi connectivity index (χ4n) is 2.61. The van der Waals surface area contributed by atoms with Crippen LogP contribution in [-0.4, -0.2) is 44.8 Å². The molecule has 1 aromatic rings. The summed E-state index contributed by atoms with van der Waals surface area (Å²) in [6.07, 6.45) is 1.17. The standard InChI is InChI=1S/C15H24N2O2/c1-4-13-10-16-7-8-17(13)11-12-5-6-14(18-2)9-15(12)19-3/h5-6,9,13,16H,4,7-8,10-11H2,1-3H3. The van der Waals surface area contributed by atoms with E-state index in [4.69, 9.17) is 9.47 Å². The van der Waals surface area contributed by atoms with Gasteiger partial charge in [0.2, 0.25) is 0 Å². The molecule has 2 rings (SSSR count). The summed E-state index contributed by atoms with van der Waals surface area (Å²) >= 11 is 0. The van der Waals surface area contributed by atoms with Crippen LogP contribution in [0.25, 0.3) is 0 Å². The molecule has 0 radical (unpaired) electrons. The Kier molecular flexibility index (Phi) is 5.05. The van der Waals surface area contributed by atoms with Crippen molar-refractivity contribution in [3.8, 4) is 11.5 Å². The monoisotopic (exact) mass is 264 g/mol. The summed E-state index contributed by atoms with van der Waals surface area (Å²) in [5.41, 5.74) is 1.23. The van der Waals surface area contributed by atoms with Gasteiger partial charge in [0.05, 0.1) is 14.2 Å². The van der Waals surface area contributed by atoms with E-state index in [0.717, 1.165) is 37.7 Å². The van der Waals surface area contributed by atoms with E-state index in [-0.39, 0.29) is 0 Å². The molecule has 1 atom stereocenters. The van der Waals surface area contributed by atoms with Crippen molar-refractivity contribution in [3.63, 3.8) is 0 Å². The average Bonchev–Trinajstić information content (AvgIpc) is 2.48. The van der Waals surface area contributed by atoms with E-state index in [2.05, 4.69) is 23.2 Å². The van der Waals surface area contributed by atoms with Crippen molar-refractivity contribution in [1.82, 2.24) is 10.2 Å². The summed E-state index contributed by atoms with van der Waals surface area (Å²) in [6, 6.07) is 6.67. The maximum Gasteiger partial charge on any atom is 0.127 e. The molecule has 0 amide bonds. The van der Waals surface area contributed by atoms with Gasteiger partial charge in [0.15, 0.2) is 0 Å². The summed E-state index contributed by atoms with van der Waals surface area (Å²) in [5.74, 6) is 1.75. The minimum Gasteiger partial charge on any atom is -0.497 e. The zero-order chi connectivity index (χ0) is 13.7. The molecule has 1 aromatic carbocycles. The van der Waals surface area contributed by atoms with E-state index in [0.29, 0.717) is 6.04 Å². The van der Waals surface area contributed by atoms with Crippen LogP contribution >= 0.6 is 0 Å². The van der Waals surface area contributed by atoms with Crippen molar-refractivity contribution >= 4 is 0 Å². The zero-order valence-electron chi connectivity index (χ0n) is 12.1. The number of ether oxygens (including phenoxy) is 2. The number of benzene rings is 1. The molecule has 0 aliphatic carbocycles. The van der Waals surface area contributed by atoms with E-state index in [1.54, 1.807) is 14.2 Å². The van der Waals surface area contributed by atoms with Crippen molar-refractivity contribution < 1.29 is 9.47 Å². The van der Waals surface area contributed by atoms with Crippen molar-refractivity contribution in [3.05, 3.63) is 23.8 Å². The molecule has 1 aliphatic rings. The second kappa shape index (κ2) is 6.78. The molecular formula is C15H24N2O2. The first-order valence-electron chi connectivity index (χ1n) is 6.94. The Labute approximate surface area is 115 Å². The predicted molar refractivity (Wildman–Crippen MR) is 76.9 cm³/mol. The van der Waals surface area contributed by atoms with Crippen molar-refractivity contribution in [2.24, 2.45) is 0 Å². The highest BCUT2D eigenvalue weighted by atomic mass is 16.5. The minimum absolute atomic E-state index is 0.612. The minimum atomic E-state index is 0.612. The van der Waals surface area contributed by atoms with Gasteiger partial charge in [-0.1, -0.05) is 13.0 Å². The Morgan fingerprint density at radius 1 is 1.32 bits per heavy atom. The molecule has 0 spiro atoms. The van der Waals surface area contributed by atoms with Gasteiger partial charge in [-0.05, 0) is 12.5 Å². The molecule has 1 fully saturated rings. The average molecular weight is 264 g/mol. The molecule has 4 heteroatoms. The molecule has 1 N–H and O–H groups in total. The van der Waals surface area contributed by atoms with Crippen molar-refractivity contribution in [2.45, 2.75) is 25.9 Å². The fraction of sp³-hybridized carbons (Fsp3) is 0.600. The molecule has 0 saturated carbocycles. The maximum atomic E-state index is 5.48. The topological polar surface area (TPSA) is 33.7 Å². The van der Waals surface area contributed by atoms with Gasteiger partial charge >= 0.3 is 0 Å². The van der Waals surface area contributed by atoms with E-state index in [9.17, 15) is 0 Å². The quantitative estimate of drug-likeness (QED) is 0.880. The second-order valence-electron chi connectivity index (χ2n) is 4.91. The summed E-state index contributed by atoms with van der Waals surface area (Å²) in [7, 11) is 3.39. The Bertz CT molecular complexity index is 409. The van der Waals surface area contributed by atoms with Gasteiger partial charge < -0.3 is 14.8 Å². The van der Waals surface area contributed by atoms with Gasteiger partial charge in [-0.15, -0.1) is 0 Å². The van der Waals surface area contributed by atoms with Crippen LogP contribution in [0.3, 0.4) is 0 Å². The van der Waals surface area contributed by atoms with Gasteiger partial charge in [-0.2, -0.15) is 0 Å². The largest absolute Gasteiger partial charge is 0.497 e. The Morgan fingerprint density at radius 2 is 2.16 bits per heavy atom. The lowest BCUT2D eigenvalue weighted by Crippen LogP contribution is -2.50. The first kappa shape index (κ1) is 14.2. The van der Waals surface area contributed by atoms with Crippen LogP contribution in [-0.2, 0) is 6.54 Å². The second-order valence-corrected chi connectivity index (χ2v) is 4.91. The molecule has 0 bridgehead atoms. The number of piperazine rings is 1. The third-order valence-electron chi connectivity index (χ3n) is 3.81. The number of methoxy groups -OCH3 is 2. The van der Waals surface area contributed by atoms with E-state index < -0.39 is 0 Å².